The number of nitrogens with zero attached hydrogens (tertiary/aromatic N) is 2. The molecule has 0 saturated carbocycles. The highest BCUT2D eigenvalue weighted by molar-refractivity contribution is 7.85. The maximum Gasteiger partial charge on any atom is 0.294 e. The SMILES string of the molecule is O=C1CCC(N2C(=O)c3ccc(N4CC(CCc5ccc(S(=O)(=O)O)cc5)C4)cc3C2=O)C(=O)N1. The summed E-state index contributed by atoms with van der Waals surface area (Å²) in [6.45, 7) is 1.56. The summed E-state index contributed by atoms with van der Waals surface area (Å²) in [5.74, 6) is -1.66. The number of imide groups is 2. The number of rotatable bonds is 6. The number of hydrogen-bond acceptors (Lipinski definition) is 7. The highest BCUT2D eigenvalue weighted by Gasteiger charge is 2.45. The molecular weight excluding hydrogens is 474 g/mol. The van der Waals surface area contributed by atoms with E-state index in [-0.39, 0.29) is 28.9 Å². The minimum Gasteiger partial charge on any atom is -0.371 e. The summed E-state index contributed by atoms with van der Waals surface area (Å²) in [4.78, 5) is 52.4. The zero-order valence-electron chi connectivity index (χ0n) is 18.6. The van der Waals surface area contributed by atoms with Gasteiger partial charge in [-0.15, -0.1) is 0 Å². The molecule has 2 aromatic rings. The van der Waals surface area contributed by atoms with Gasteiger partial charge < -0.3 is 4.90 Å². The second-order valence-corrected chi connectivity index (χ2v) is 10.5. The van der Waals surface area contributed by atoms with Gasteiger partial charge in [-0.2, -0.15) is 8.42 Å². The smallest absolute Gasteiger partial charge is 0.294 e. The lowest BCUT2D eigenvalue weighted by atomic mass is 9.91. The lowest BCUT2D eigenvalue weighted by Crippen LogP contribution is -2.54. The Bertz CT molecular complexity index is 1350. The predicted octanol–water partition coefficient (Wildman–Crippen LogP) is 1.40. The van der Waals surface area contributed by atoms with Crippen LogP contribution < -0.4 is 10.2 Å². The van der Waals surface area contributed by atoms with Crippen molar-refractivity contribution in [1.29, 1.82) is 0 Å². The number of anilines is 1. The third-order valence-corrected chi connectivity index (χ3v) is 7.68. The molecule has 2 saturated heterocycles. The molecule has 0 radical (unpaired) electrons. The molecule has 1 unspecified atom stereocenters. The molecule has 2 N–H and O–H groups in total. The Morgan fingerprint density at radius 2 is 1.63 bits per heavy atom. The summed E-state index contributed by atoms with van der Waals surface area (Å²) in [7, 11) is -4.20. The van der Waals surface area contributed by atoms with Gasteiger partial charge in [-0.25, -0.2) is 0 Å². The average Bonchev–Trinajstić information content (AvgIpc) is 3.02. The second kappa shape index (κ2) is 8.58. The average molecular weight is 498 g/mol. The molecule has 2 fully saturated rings. The van der Waals surface area contributed by atoms with Crippen molar-refractivity contribution in [2.75, 3.05) is 18.0 Å². The largest absolute Gasteiger partial charge is 0.371 e. The van der Waals surface area contributed by atoms with E-state index in [0.717, 1.165) is 42.1 Å². The number of nitrogens with one attached hydrogen (secondary N) is 1. The Balaban J connectivity index is 1.20. The van der Waals surface area contributed by atoms with Crippen LogP contribution in [0.15, 0.2) is 47.4 Å². The van der Waals surface area contributed by atoms with E-state index in [1.807, 2.05) is 0 Å². The predicted molar refractivity (Wildman–Crippen MR) is 123 cm³/mol. The molecule has 1 atom stereocenters. The molecule has 11 heteroatoms. The van der Waals surface area contributed by atoms with Gasteiger partial charge in [-0.05, 0) is 61.1 Å². The van der Waals surface area contributed by atoms with Crippen LogP contribution in [-0.4, -0.2) is 60.6 Å². The van der Waals surface area contributed by atoms with E-state index >= 15 is 0 Å². The fourth-order valence-electron chi connectivity index (χ4n) is 4.82. The number of carbonyl (C=O) groups excluding carboxylic acids is 4. The lowest BCUT2D eigenvalue weighted by Gasteiger charge is -2.41. The second-order valence-electron chi connectivity index (χ2n) is 9.11. The third-order valence-electron chi connectivity index (χ3n) is 6.81. The number of fused-ring (bicyclic) bond motifs is 1. The van der Waals surface area contributed by atoms with E-state index in [2.05, 4.69) is 10.2 Å². The molecule has 0 bridgehead atoms. The minimum atomic E-state index is -4.20. The van der Waals surface area contributed by atoms with Crippen LogP contribution in [0.3, 0.4) is 0 Å². The van der Waals surface area contributed by atoms with Crippen LogP contribution in [0, 0.1) is 5.92 Å². The summed E-state index contributed by atoms with van der Waals surface area (Å²) in [5.41, 5.74) is 2.32. The topological polar surface area (TPSA) is 141 Å². The van der Waals surface area contributed by atoms with Crippen LogP contribution in [-0.2, 0) is 26.1 Å². The standard InChI is InChI=1S/C24H23N3O7S/c28-21-10-9-20(22(29)25-21)27-23(30)18-8-5-16(11-19(18)24(27)31)26-12-15(13-26)2-1-14-3-6-17(7-4-14)35(32,33)34/h3-8,11,15,20H,1-2,9-10,12-13H2,(H,25,28,29)(H,32,33,34). The van der Waals surface area contributed by atoms with E-state index in [1.54, 1.807) is 30.3 Å². The van der Waals surface area contributed by atoms with Gasteiger partial charge in [0.25, 0.3) is 21.9 Å². The van der Waals surface area contributed by atoms with Gasteiger partial charge in [0.1, 0.15) is 6.04 Å². The first-order chi connectivity index (χ1) is 16.6. The van der Waals surface area contributed by atoms with Gasteiger partial charge >= 0.3 is 0 Å². The Hall–Kier alpha value is -3.57. The number of benzene rings is 2. The number of aryl methyl sites for hydroxylation is 1. The van der Waals surface area contributed by atoms with Gasteiger partial charge in [0.05, 0.1) is 16.0 Å². The van der Waals surface area contributed by atoms with Crippen molar-refractivity contribution in [2.45, 2.75) is 36.6 Å². The van der Waals surface area contributed by atoms with E-state index in [0.29, 0.717) is 5.92 Å². The lowest BCUT2D eigenvalue weighted by molar-refractivity contribution is -0.136. The Morgan fingerprint density at radius 1 is 0.943 bits per heavy atom. The molecular formula is C24H23N3O7S. The normalized spacial score (nSPS) is 20.7. The summed E-state index contributed by atoms with van der Waals surface area (Å²) in [5, 5.41) is 2.19. The molecule has 0 aliphatic carbocycles. The van der Waals surface area contributed by atoms with Gasteiger partial charge in [0.2, 0.25) is 11.8 Å². The third kappa shape index (κ3) is 4.32. The van der Waals surface area contributed by atoms with E-state index in [9.17, 15) is 27.6 Å². The van der Waals surface area contributed by atoms with Crippen molar-refractivity contribution in [3.8, 4) is 0 Å². The molecule has 10 nitrogen and oxygen atoms in total. The van der Waals surface area contributed by atoms with Gasteiger partial charge in [0, 0.05) is 25.2 Å². The molecule has 3 aliphatic rings. The Labute approximate surface area is 201 Å². The van der Waals surface area contributed by atoms with E-state index in [4.69, 9.17) is 4.55 Å². The zero-order chi connectivity index (χ0) is 24.9. The van der Waals surface area contributed by atoms with Crippen molar-refractivity contribution >= 4 is 39.4 Å². The fraction of sp³-hybridized carbons (Fsp3) is 0.333. The first-order valence-electron chi connectivity index (χ1n) is 11.3. The van der Waals surface area contributed by atoms with Crippen molar-refractivity contribution in [3.05, 3.63) is 59.2 Å². The number of carbonyl (C=O) groups is 4. The highest BCUT2D eigenvalue weighted by Crippen LogP contribution is 2.33. The number of hydrogen-bond donors (Lipinski definition) is 2. The van der Waals surface area contributed by atoms with Crippen LogP contribution >= 0.6 is 0 Å². The van der Waals surface area contributed by atoms with Crippen LogP contribution in [0.2, 0.25) is 0 Å². The number of amides is 4. The first-order valence-corrected chi connectivity index (χ1v) is 12.7. The van der Waals surface area contributed by atoms with Crippen LogP contribution in [0.1, 0.15) is 45.5 Å². The van der Waals surface area contributed by atoms with E-state index < -0.39 is 39.8 Å². The van der Waals surface area contributed by atoms with Crippen molar-refractivity contribution in [1.82, 2.24) is 10.2 Å². The zero-order valence-corrected chi connectivity index (χ0v) is 19.5. The van der Waals surface area contributed by atoms with Crippen molar-refractivity contribution in [3.63, 3.8) is 0 Å². The molecule has 2 aromatic carbocycles. The maximum atomic E-state index is 13.0. The quantitative estimate of drug-likeness (QED) is 0.451. The summed E-state index contributed by atoms with van der Waals surface area (Å²) in [6, 6.07) is 10.3. The molecule has 4 amide bonds. The monoisotopic (exact) mass is 497 g/mol. The summed E-state index contributed by atoms with van der Waals surface area (Å²) < 4.78 is 31.4. The van der Waals surface area contributed by atoms with Gasteiger partial charge in [0.15, 0.2) is 0 Å². The minimum absolute atomic E-state index is 0.0783. The van der Waals surface area contributed by atoms with Crippen molar-refractivity contribution in [2.24, 2.45) is 5.92 Å². The molecule has 5 rings (SSSR count). The van der Waals surface area contributed by atoms with Crippen molar-refractivity contribution < 1.29 is 32.1 Å². The highest BCUT2D eigenvalue weighted by atomic mass is 32.2. The first kappa shape index (κ1) is 23.2. The molecule has 35 heavy (non-hydrogen) atoms. The van der Waals surface area contributed by atoms with E-state index in [1.165, 1.54) is 12.1 Å². The fourth-order valence-corrected chi connectivity index (χ4v) is 5.30. The Kier molecular flexibility index (Phi) is 5.68. The Morgan fingerprint density at radius 3 is 2.29 bits per heavy atom. The molecule has 0 aromatic heterocycles. The maximum absolute atomic E-state index is 13.0. The van der Waals surface area contributed by atoms with Crippen LogP contribution in [0.5, 0.6) is 0 Å². The summed E-state index contributed by atoms with van der Waals surface area (Å²) in [6.07, 6.45) is 1.86. The van der Waals surface area contributed by atoms with Crippen LogP contribution in [0.25, 0.3) is 0 Å². The summed E-state index contributed by atoms with van der Waals surface area (Å²) >= 11 is 0. The van der Waals surface area contributed by atoms with Gasteiger partial charge in [-0.1, -0.05) is 12.1 Å². The van der Waals surface area contributed by atoms with Crippen LogP contribution in [0.4, 0.5) is 5.69 Å². The molecule has 0 spiro atoms. The molecule has 3 heterocycles. The molecule has 182 valence electrons. The van der Waals surface area contributed by atoms with Gasteiger partial charge in [-0.3, -0.25) is 33.9 Å². The molecule has 3 aliphatic heterocycles. The number of piperidine rings is 1.